The number of para-hydroxylation sites is 1. The highest BCUT2D eigenvalue weighted by atomic mass is 16.5. The predicted molar refractivity (Wildman–Crippen MR) is 62.4 cm³/mol. The van der Waals surface area contributed by atoms with Crippen LogP contribution in [0, 0.1) is 0 Å². The number of methoxy groups -OCH3 is 1. The minimum Gasteiger partial charge on any atom is -0.469 e. The van der Waals surface area contributed by atoms with Crippen LogP contribution in [0.3, 0.4) is 0 Å². The summed E-state index contributed by atoms with van der Waals surface area (Å²) in [7, 11) is 1.32. The molecule has 0 aliphatic carbocycles. The zero-order chi connectivity index (χ0) is 12.4. The van der Waals surface area contributed by atoms with Crippen molar-refractivity contribution in [1.29, 1.82) is 0 Å². The topological polar surface area (TPSA) is 81.4 Å². The molecule has 5 nitrogen and oxygen atoms in total. The number of ether oxygens (including phenoxy) is 1. The van der Waals surface area contributed by atoms with Gasteiger partial charge in [-0.3, -0.25) is 9.59 Å². The molecular weight excluding hydrogens is 220 g/mol. The molecule has 1 amide bonds. The number of nitrogens with one attached hydrogen (secondary N) is 1. The first-order chi connectivity index (χ1) is 8.13. The SMILES string of the molecule is COC(=O)CC1c2ccccc2NC(=O)C1N. The highest BCUT2D eigenvalue weighted by Gasteiger charge is 2.34. The van der Waals surface area contributed by atoms with Crippen LogP contribution in [0.15, 0.2) is 24.3 Å². The Morgan fingerprint density at radius 2 is 2.18 bits per heavy atom. The Balaban J connectivity index is 2.35. The molecule has 1 heterocycles. The molecule has 0 bridgehead atoms. The average molecular weight is 234 g/mol. The quantitative estimate of drug-likeness (QED) is 0.735. The third kappa shape index (κ3) is 2.14. The summed E-state index contributed by atoms with van der Waals surface area (Å²) >= 11 is 0. The molecule has 1 aromatic rings. The van der Waals surface area contributed by atoms with Gasteiger partial charge in [-0.15, -0.1) is 0 Å². The molecule has 0 saturated heterocycles. The summed E-state index contributed by atoms with van der Waals surface area (Å²) < 4.78 is 4.63. The van der Waals surface area contributed by atoms with Gasteiger partial charge in [-0.2, -0.15) is 0 Å². The molecular formula is C12H14N2O3. The van der Waals surface area contributed by atoms with Crippen molar-refractivity contribution >= 4 is 17.6 Å². The molecule has 2 atom stereocenters. The maximum absolute atomic E-state index is 11.6. The van der Waals surface area contributed by atoms with Gasteiger partial charge in [0.05, 0.1) is 19.6 Å². The number of hydrogen-bond acceptors (Lipinski definition) is 4. The van der Waals surface area contributed by atoms with Gasteiger partial charge >= 0.3 is 5.97 Å². The molecule has 2 rings (SSSR count). The van der Waals surface area contributed by atoms with E-state index in [0.29, 0.717) is 5.69 Å². The van der Waals surface area contributed by atoms with E-state index in [1.165, 1.54) is 7.11 Å². The Hall–Kier alpha value is -1.88. The van der Waals surface area contributed by atoms with Gasteiger partial charge in [0, 0.05) is 11.6 Å². The third-order valence-electron chi connectivity index (χ3n) is 2.97. The van der Waals surface area contributed by atoms with Gasteiger partial charge < -0.3 is 15.8 Å². The highest BCUT2D eigenvalue weighted by molar-refractivity contribution is 5.99. The second-order valence-electron chi connectivity index (χ2n) is 3.99. The summed E-state index contributed by atoms with van der Waals surface area (Å²) in [6.45, 7) is 0. The van der Waals surface area contributed by atoms with Crippen molar-refractivity contribution in [2.75, 3.05) is 12.4 Å². The average Bonchev–Trinajstić information content (AvgIpc) is 2.34. The molecule has 3 N–H and O–H groups in total. The van der Waals surface area contributed by atoms with Crippen molar-refractivity contribution in [3.8, 4) is 0 Å². The number of amides is 1. The number of fused-ring (bicyclic) bond motifs is 1. The number of carbonyl (C=O) groups is 2. The maximum Gasteiger partial charge on any atom is 0.306 e. The lowest BCUT2D eigenvalue weighted by Gasteiger charge is -2.29. The van der Waals surface area contributed by atoms with E-state index in [1.54, 1.807) is 6.07 Å². The van der Waals surface area contributed by atoms with Crippen LogP contribution in [-0.2, 0) is 14.3 Å². The van der Waals surface area contributed by atoms with E-state index in [2.05, 4.69) is 10.1 Å². The van der Waals surface area contributed by atoms with E-state index in [-0.39, 0.29) is 24.2 Å². The first kappa shape index (κ1) is 11.6. The van der Waals surface area contributed by atoms with E-state index in [0.717, 1.165) is 5.56 Å². The molecule has 1 aliphatic heterocycles. The molecule has 0 spiro atoms. The monoisotopic (exact) mass is 234 g/mol. The summed E-state index contributed by atoms with van der Waals surface area (Å²) in [4.78, 5) is 23.0. The van der Waals surface area contributed by atoms with Gasteiger partial charge in [0.2, 0.25) is 5.91 Å². The fourth-order valence-electron chi connectivity index (χ4n) is 2.03. The molecule has 90 valence electrons. The predicted octanol–water partition coefficient (Wildman–Crippen LogP) is 0.613. The summed E-state index contributed by atoms with van der Waals surface area (Å²) in [6.07, 6.45) is 0.113. The first-order valence-electron chi connectivity index (χ1n) is 5.35. The van der Waals surface area contributed by atoms with Gasteiger partial charge in [-0.05, 0) is 11.6 Å². The Labute approximate surface area is 98.9 Å². The normalized spacial score (nSPS) is 22.6. The molecule has 1 aliphatic rings. The lowest BCUT2D eigenvalue weighted by atomic mass is 9.84. The number of esters is 1. The number of rotatable bonds is 2. The zero-order valence-electron chi connectivity index (χ0n) is 9.47. The highest BCUT2D eigenvalue weighted by Crippen LogP contribution is 2.33. The van der Waals surface area contributed by atoms with Crippen molar-refractivity contribution in [3.63, 3.8) is 0 Å². The Bertz CT molecular complexity index is 459. The van der Waals surface area contributed by atoms with E-state index in [1.807, 2.05) is 18.2 Å². The molecule has 0 aromatic heterocycles. The smallest absolute Gasteiger partial charge is 0.306 e. The van der Waals surface area contributed by atoms with Gasteiger partial charge in [-0.1, -0.05) is 18.2 Å². The Morgan fingerprint density at radius 3 is 2.88 bits per heavy atom. The van der Waals surface area contributed by atoms with Crippen molar-refractivity contribution in [2.45, 2.75) is 18.4 Å². The van der Waals surface area contributed by atoms with Crippen LogP contribution in [0.1, 0.15) is 17.9 Å². The number of benzene rings is 1. The van der Waals surface area contributed by atoms with Crippen LogP contribution in [0.5, 0.6) is 0 Å². The minimum atomic E-state index is -0.719. The summed E-state index contributed by atoms with van der Waals surface area (Å²) in [5.41, 5.74) is 7.42. The van der Waals surface area contributed by atoms with E-state index in [9.17, 15) is 9.59 Å². The molecule has 17 heavy (non-hydrogen) atoms. The first-order valence-corrected chi connectivity index (χ1v) is 5.35. The molecule has 0 fully saturated rings. The van der Waals surface area contributed by atoms with Gasteiger partial charge in [0.25, 0.3) is 0 Å². The van der Waals surface area contributed by atoms with Crippen LogP contribution < -0.4 is 11.1 Å². The van der Waals surface area contributed by atoms with Crippen LogP contribution in [0.25, 0.3) is 0 Å². The Kier molecular flexibility index (Phi) is 3.10. The van der Waals surface area contributed by atoms with Crippen LogP contribution in [0.2, 0.25) is 0 Å². The zero-order valence-corrected chi connectivity index (χ0v) is 9.47. The maximum atomic E-state index is 11.6. The van der Waals surface area contributed by atoms with E-state index >= 15 is 0 Å². The number of anilines is 1. The fourth-order valence-corrected chi connectivity index (χ4v) is 2.03. The Morgan fingerprint density at radius 1 is 1.47 bits per heavy atom. The summed E-state index contributed by atoms with van der Waals surface area (Å²) in [5.74, 6) is -0.958. The minimum absolute atomic E-state index is 0.113. The van der Waals surface area contributed by atoms with Crippen LogP contribution >= 0.6 is 0 Å². The lowest BCUT2D eigenvalue weighted by molar-refractivity contribution is -0.141. The van der Waals surface area contributed by atoms with Crippen LogP contribution in [0.4, 0.5) is 5.69 Å². The van der Waals surface area contributed by atoms with E-state index in [4.69, 9.17) is 5.73 Å². The second kappa shape index (κ2) is 4.55. The molecule has 0 saturated carbocycles. The summed E-state index contributed by atoms with van der Waals surface area (Å²) in [6, 6.07) is 6.62. The van der Waals surface area contributed by atoms with Crippen molar-refractivity contribution in [3.05, 3.63) is 29.8 Å². The van der Waals surface area contributed by atoms with Gasteiger partial charge in [-0.25, -0.2) is 0 Å². The second-order valence-corrected chi connectivity index (χ2v) is 3.99. The number of hydrogen-bond donors (Lipinski definition) is 2. The molecule has 2 unspecified atom stereocenters. The van der Waals surface area contributed by atoms with Crippen molar-refractivity contribution in [2.24, 2.45) is 5.73 Å². The third-order valence-corrected chi connectivity index (χ3v) is 2.97. The van der Waals surface area contributed by atoms with Gasteiger partial charge in [0.15, 0.2) is 0 Å². The van der Waals surface area contributed by atoms with Crippen LogP contribution in [-0.4, -0.2) is 25.0 Å². The molecule has 5 heteroatoms. The van der Waals surface area contributed by atoms with Crippen molar-refractivity contribution in [1.82, 2.24) is 0 Å². The standard InChI is InChI=1S/C12H14N2O3/c1-17-10(15)6-8-7-4-2-3-5-9(7)14-12(16)11(8)13/h2-5,8,11H,6,13H2,1H3,(H,14,16). The molecule has 0 radical (unpaired) electrons. The summed E-state index contributed by atoms with van der Waals surface area (Å²) in [5, 5.41) is 2.71. The number of carbonyl (C=O) groups excluding carboxylic acids is 2. The number of nitrogens with two attached hydrogens (primary N) is 1. The van der Waals surface area contributed by atoms with Gasteiger partial charge in [0.1, 0.15) is 0 Å². The van der Waals surface area contributed by atoms with E-state index < -0.39 is 6.04 Å². The lowest BCUT2D eigenvalue weighted by Crippen LogP contribution is -2.45. The fraction of sp³-hybridized carbons (Fsp3) is 0.333. The molecule has 1 aromatic carbocycles. The largest absolute Gasteiger partial charge is 0.469 e. The van der Waals surface area contributed by atoms with Crippen molar-refractivity contribution < 1.29 is 14.3 Å².